The highest BCUT2D eigenvalue weighted by atomic mass is 14.1. The molecule has 1 aromatic rings. The van der Waals surface area contributed by atoms with Gasteiger partial charge in [-0.2, -0.15) is 0 Å². The molecule has 0 saturated carbocycles. The fourth-order valence-electron chi connectivity index (χ4n) is 1.88. The van der Waals surface area contributed by atoms with Gasteiger partial charge in [0.2, 0.25) is 0 Å². The van der Waals surface area contributed by atoms with Gasteiger partial charge in [-0.3, -0.25) is 0 Å². The van der Waals surface area contributed by atoms with Gasteiger partial charge in [0.25, 0.3) is 0 Å². The summed E-state index contributed by atoms with van der Waals surface area (Å²) in [4.78, 5) is 0. The van der Waals surface area contributed by atoms with Gasteiger partial charge in [-0.15, -0.1) is 0 Å². The van der Waals surface area contributed by atoms with Crippen LogP contribution in [0.5, 0.6) is 0 Å². The molecule has 0 fully saturated rings. The lowest BCUT2D eigenvalue weighted by molar-refractivity contribution is 1.15. The summed E-state index contributed by atoms with van der Waals surface area (Å²) in [5.74, 6) is 0. The van der Waals surface area contributed by atoms with Crippen LogP contribution in [0.1, 0.15) is 25.8 Å². The second-order valence-corrected chi connectivity index (χ2v) is 3.73. The zero-order valence-electron chi connectivity index (χ0n) is 8.17. The zero-order chi connectivity index (χ0) is 9.26. The molecular weight excluding hydrogens is 156 g/mol. The Morgan fingerprint density at radius 2 is 1.69 bits per heavy atom. The van der Waals surface area contributed by atoms with Crippen molar-refractivity contribution in [1.29, 1.82) is 0 Å². The third-order valence-electron chi connectivity index (χ3n) is 2.48. The molecule has 13 heavy (non-hydrogen) atoms. The van der Waals surface area contributed by atoms with Crippen LogP contribution in [-0.4, -0.2) is 0 Å². The quantitative estimate of drug-likeness (QED) is 0.601. The fourth-order valence-corrected chi connectivity index (χ4v) is 1.88. The maximum Gasteiger partial charge on any atom is -0.0101 e. The van der Waals surface area contributed by atoms with Gasteiger partial charge in [0, 0.05) is 0 Å². The standard InChI is InChI=1S/C13H14/c1-10-8-11(2)13(9-10)12-6-4-3-5-7-12/h3-7,9H,8H2,1-2H3. The van der Waals surface area contributed by atoms with Crippen LogP contribution in [0.4, 0.5) is 0 Å². The largest absolute Gasteiger partial charge is 0.0686 e. The summed E-state index contributed by atoms with van der Waals surface area (Å²) in [5, 5.41) is 0. The average Bonchev–Trinajstić information content (AvgIpc) is 2.47. The van der Waals surface area contributed by atoms with Crippen molar-refractivity contribution in [1.82, 2.24) is 0 Å². The Morgan fingerprint density at radius 3 is 2.23 bits per heavy atom. The summed E-state index contributed by atoms with van der Waals surface area (Å²) in [6.07, 6.45) is 3.44. The van der Waals surface area contributed by atoms with Crippen molar-refractivity contribution in [2.45, 2.75) is 20.3 Å². The molecule has 0 aliphatic heterocycles. The third kappa shape index (κ3) is 1.57. The van der Waals surface area contributed by atoms with Crippen LogP contribution in [0, 0.1) is 0 Å². The lowest BCUT2D eigenvalue weighted by Gasteiger charge is -2.01. The van der Waals surface area contributed by atoms with Crippen LogP contribution in [-0.2, 0) is 0 Å². The van der Waals surface area contributed by atoms with E-state index in [0.29, 0.717) is 0 Å². The van der Waals surface area contributed by atoms with Crippen LogP contribution in [0.2, 0.25) is 0 Å². The van der Waals surface area contributed by atoms with E-state index in [0.717, 1.165) is 6.42 Å². The molecule has 1 aliphatic carbocycles. The Hall–Kier alpha value is -1.30. The van der Waals surface area contributed by atoms with E-state index in [4.69, 9.17) is 0 Å². The van der Waals surface area contributed by atoms with Gasteiger partial charge < -0.3 is 0 Å². The molecule has 0 N–H and O–H groups in total. The molecule has 0 radical (unpaired) electrons. The Morgan fingerprint density at radius 1 is 1.00 bits per heavy atom. The number of hydrogen-bond acceptors (Lipinski definition) is 0. The molecule has 0 amide bonds. The molecule has 2 rings (SSSR count). The highest BCUT2D eigenvalue weighted by Crippen LogP contribution is 2.31. The Kier molecular flexibility index (Phi) is 2.05. The summed E-state index contributed by atoms with van der Waals surface area (Å²) in [6.45, 7) is 4.41. The van der Waals surface area contributed by atoms with Crippen molar-refractivity contribution >= 4 is 5.57 Å². The molecule has 0 heteroatoms. The Balaban J connectivity index is 2.43. The molecule has 1 aromatic carbocycles. The van der Waals surface area contributed by atoms with Crippen molar-refractivity contribution in [3.63, 3.8) is 0 Å². The van der Waals surface area contributed by atoms with E-state index in [9.17, 15) is 0 Å². The lowest BCUT2D eigenvalue weighted by atomic mass is 10.0. The Bertz CT molecular complexity index is 366. The maximum absolute atomic E-state index is 2.30. The first-order chi connectivity index (χ1) is 6.27. The molecule has 66 valence electrons. The predicted octanol–water partition coefficient (Wildman–Crippen LogP) is 3.81. The van der Waals surface area contributed by atoms with Crippen molar-refractivity contribution in [3.05, 3.63) is 53.1 Å². The van der Waals surface area contributed by atoms with Gasteiger partial charge in [0.1, 0.15) is 0 Å². The van der Waals surface area contributed by atoms with E-state index in [1.54, 1.807) is 0 Å². The van der Waals surface area contributed by atoms with Crippen molar-refractivity contribution in [2.75, 3.05) is 0 Å². The van der Waals surface area contributed by atoms with E-state index in [1.165, 1.54) is 22.3 Å². The van der Waals surface area contributed by atoms with Gasteiger partial charge in [0.15, 0.2) is 0 Å². The highest BCUT2D eigenvalue weighted by Gasteiger charge is 2.10. The number of allylic oxidation sites excluding steroid dienone is 4. The minimum Gasteiger partial charge on any atom is -0.0686 e. The summed E-state index contributed by atoms with van der Waals surface area (Å²) < 4.78 is 0. The van der Waals surface area contributed by atoms with Crippen molar-refractivity contribution in [3.8, 4) is 0 Å². The van der Waals surface area contributed by atoms with Crippen LogP contribution in [0.15, 0.2) is 47.6 Å². The molecule has 0 spiro atoms. The predicted molar refractivity (Wildman–Crippen MR) is 57.4 cm³/mol. The van der Waals surface area contributed by atoms with E-state index < -0.39 is 0 Å². The second kappa shape index (κ2) is 3.21. The van der Waals surface area contributed by atoms with Gasteiger partial charge in [-0.1, -0.05) is 47.6 Å². The number of benzene rings is 1. The molecule has 0 heterocycles. The Labute approximate surface area is 79.6 Å². The smallest absolute Gasteiger partial charge is 0.0101 e. The van der Waals surface area contributed by atoms with Gasteiger partial charge >= 0.3 is 0 Å². The van der Waals surface area contributed by atoms with Crippen LogP contribution >= 0.6 is 0 Å². The minimum absolute atomic E-state index is 1.14. The molecule has 0 bridgehead atoms. The average molecular weight is 170 g/mol. The van der Waals surface area contributed by atoms with Crippen LogP contribution in [0.3, 0.4) is 0 Å². The minimum atomic E-state index is 1.14. The van der Waals surface area contributed by atoms with Crippen LogP contribution < -0.4 is 0 Å². The van der Waals surface area contributed by atoms with Gasteiger partial charge in [-0.25, -0.2) is 0 Å². The molecule has 0 unspecified atom stereocenters. The first-order valence-corrected chi connectivity index (χ1v) is 4.70. The summed E-state index contributed by atoms with van der Waals surface area (Å²) in [7, 11) is 0. The van der Waals surface area contributed by atoms with Crippen LogP contribution in [0.25, 0.3) is 5.57 Å². The fraction of sp³-hybridized carbons (Fsp3) is 0.231. The molecule has 0 atom stereocenters. The van der Waals surface area contributed by atoms with E-state index in [2.05, 4.69) is 50.3 Å². The zero-order valence-corrected chi connectivity index (χ0v) is 8.17. The number of hydrogen-bond donors (Lipinski definition) is 0. The van der Waals surface area contributed by atoms with Crippen molar-refractivity contribution in [2.24, 2.45) is 0 Å². The third-order valence-corrected chi connectivity index (χ3v) is 2.48. The van der Waals surface area contributed by atoms with E-state index in [1.807, 2.05) is 0 Å². The monoisotopic (exact) mass is 170 g/mol. The molecule has 0 nitrogen and oxygen atoms in total. The van der Waals surface area contributed by atoms with E-state index >= 15 is 0 Å². The highest BCUT2D eigenvalue weighted by molar-refractivity contribution is 5.80. The molecule has 1 aliphatic rings. The summed E-state index contributed by atoms with van der Waals surface area (Å²) in [6, 6.07) is 10.6. The van der Waals surface area contributed by atoms with Crippen molar-refractivity contribution < 1.29 is 0 Å². The van der Waals surface area contributed by atoms with Gasteiger partial charge in [-0.05, 0) is 31.4 Å². The molecular formula is C13H14. The summed E-state index contributed by atoms with van der Waals surface area (Å²) >= 11 is 0. The molecule has 0 saturated heterocycles. The second-order valence-electron chi connectivity index (χ2n) is 3.73. The topological polar surface area (TPSA) is 0 Å². The lowest BCUT2D eigenvalue weighted by Crippen LogP contribution is -1.79. The van der Waals surface area contributed by atoms with Gasteiger partial charge in [0.05, 0.1) is 0 Å². The number of rotatable bonds is 1. The normalized spacial score (nSPS) is 16.3. The summed E-state index contributed by atoms with van der Waals surface area (Å²) in [5.41, 5.74) is 5.72. The first-order valence-electron chi connectivity index (χ1n) is 4.70. The SMILES string of the molecule is CC1=CC(c2ccccc2)=C(C)C1. The maximum atomic E-state index is 2.30. The molecule has 0 aromatic heterocycles. The first kappa shape index (κ1) is 8.31. The van der Waals surface area contributed by atoms with E-state index in [-0.39, 0.29) is 0 Å².